The van der Waals surface area contributed by atoms with Crippen LogP contribution in [0.4, 0.5) is 5.82 Å². The van der Waals surface area contributed by atoms with E-state index in [-0.39, 0.29) is 5.84 Å². The predicted octanol–water partition coefficient (Wildman–Crippen LogP) is 0.669. The zero-order valence-corrected chi connectivity index (χ0v) is 10.2. The van der Waals surface area contributed by atoms with E-state index in [9.17, 15) is 0 Å². The largest absolute Gasteiger partial charge is 0.409 e. The minimum absolute atomic E-state index is 0.104. The fraction of sp³-hybridized carbons (Fsp3) is 0.600. The zero-order chi connectivity index (χ0) is 12.3. The molecule has 1 heterocycles. The van der Waals surface area contributed by atoms with Crippen LogP contribution in [-0.4, -0.2) is 33.9 Å². The van der Waals surface area contributed by atoms with Crippen LogP contribution in [-0.2, 0) is 7.05 Å². The zero-order valence-electron chi connectivity index (χ0n) is 10.2. The minimum Gasteiger partial charge on any atom is -0.409 e. The van der Waals surface area contributed by atoms with E-state index >= 15 is 0 Å². The number of oxime groups is 1. The van der Waals surface area contributed by atoms with Gasteiger partial charge in [-0.25, -0.2) is 0 Å². The van der Waals surface area contributed by atoms with Gasteiger partial charge in [0.2, 0.25) is 0 Å². The molecule has 0 saturated heterocycles. The summed E-state index contributed by atoms with van der Waals surface area (Å²) in [5, 5.41) is 16.1. The van der Waals surface area contributed by atoms with Crippen molar-refractivity contribution in [2.75, 3.05) is 18.0 Å². The number of aryl methyl sites for hydroxylation is 2. The number of nitrogens with zero attached hydrogens (tertiary/aromatic N) is 4. The molecule has 6 heteroatoms. The number of aromatic nitrogens is 2. The smallest absolute Gasteiger partial charge is 0.175 e. The van der Waals surface area contributed by atoms with Crippen molar-refractivity contribution in [1.82, 2.24) is 9.78 Å². The molecule has 16 heavy (non-hydrogen) atoms. The lowest BCUT2D eigenvalue weighted by molar-refractivity contribution is 0.318. The van der Waals surface area contributed by atoms with Crippen molar-refractivity contribution in [2.45, 2.75) is 20.8 Å². The Morgan fingerprint density at radius 3 is 2.50 bits per heavy atom. The molecule has 1 aromatic rings. The van der Waals surface area contributed by atoms with Crippen LogP contribution in [0.25, 0.3) is 0 Å². The first-order chi connectivity index (χ1) is 7.56. The van der Waals surface area contributed by atoms with Crippen LogP contribution in [0.2, 0.25) is 0 Å². The summed E-state index contributed by atoms with van der Waals surface area (Å²) >= 11 is 0. The molecule has 1 aromatic heterocycles. The minimum atomic E-state index is 0.104. The van der Waals surface area contributed by atoms with Crippen LogP contribution >= 0.6 is 0 Å². The van der Waals surface area contributed by atoms with Crippen molar-refractivity contribution in [3.63, 3.8) is 0 Å². The molecule has 0 aromatic carbocycles. The Hall–Kier alpha value is -1.72. The molecular formula is C10H19N5O. The average molecular weight is 225 g/mol. The summed E-state index contributed by atoms with van der Waals surface area (Å²) in [6.07, 6.45) is 0. The summed E-state index contributed by atoms with van der Waals surface area (Å²) in [7, 11) is 1.86. The fourth-order valence-electron chi connectivity index (χ4n) is 1.88. The van der Waals surface area contributed by atoms with Gasteiger partial charge in [-0.2, -0.15) is 5.10 Å². The van der Waals surface area contributed by atoms with Crippen molar-refractivity contribution in [3.05, 3.63) is 11.3 Å². The standard InChI is InChI=1S/C10H19N5O/c1-5-15(6-2)10-8(9(11)13-16)7(3)12-14(10)4/h16H,5-6H2,1-4H3,(H2,11,13). The van der Waals surface area contributed by atoms with Gasteiger partial charge in [-0.3, -0.25) is 4.68 Å². The maximum atomic E-state index is 8.78. The molecule has 0 fully saturated rings. The normalized spacial score (nSPS) is 11.9. The first-order valence-electron chi connectivity index (χ1n) is 5.33. The lowest BCUT2D eigenvalue weighted by Crippen LogP contribution is -2.27. The summed E-state index contributed by atoms with van der Waals surface area (Å²) < 4.78 is 1.76. The Bertz CT molecular complexity index is 392. The third-order valence-electron chi connectivity index (χ3n) is 2.62. The highest BCUT2D eigenvalue weighted by Crippen LogP contribution is 2.22. The van der Waals surface area contributed by atoms with E-state index in [1.807, 2.05) is 14.0 Å². The fourth-order valence-corrected chi connectivity index (χ4v) is 1.88. The van der Waals surface area contributed by atoms with Crippen molar-refractivity contribution >= 4 is 11.7 Å². The Morgan fingerprint density at radius 1 is 1.50 bits per heavy atom. The van der Waals surface area contributed by atoms with Crippen molar-refractivity contribution < 1.29 is 5.21 Å². The molecule has 90 valence electrons. The van der Waals surface area contributed by atoms with Gasteiger partial charge in [0.1, 0.15) is 5.82 Å². The van der Waals surface area contributed by atoms with Gasteiger partial charge < -0.3 is 15.8 Å². The molecule has 0 aliphatic heterocycles. The molecule has 0 radical (unpaired) electrons. The summed E-state index contributed by atoms with van der Waals surface area (Å²) in [5.74, 6) is 0.991. The Balaban J connectivity index is 3.36. The van der Waals surface area contributed by atoms with Crippen molar-refractivity contribution in [2.24, 2.45) is 17.9 Å². The highest BCUT2D eigenvalue weighted by atomic mass is 16.4. The molecule has 6 nitrogen and oxygen atoms in total. The Morgan fingerprint density at radius 2 is 2.06 bits per heavy atom. The van der Waals surface area contributed by atoms with Gasteiger partial charge in [0.25, 0.3) is 0 Å². The van der Waals surface area contributed by atoms with Gasteiger partial charge in [-0.05, 0) is 20.8 Å². The molecule has 0 saturated carbocycles. The molecule has 0 atom stereocenters. The highest BCUT2D eigenvalue weighted by Gasteiger charge is 2.20. The maximum Gasteiger partial charge on any atom is 0.175 e. The van der Waals surface area contributed by atoms with E-state index in [0.717, 1.165) is 24.6 Å². The molecule has 3 N–H and O–H groups in total. The third-order valence-corrected chi connectivity index (χ3v) is 2.62. The lowest BCUT2D eigenvalue weighted by Gasteiger charge is -2.22. The number of rotatable bonds is 4. The first-order valence-corrected chi connectivity index (χ1v) is 5.33. The van der Waals surface area contributed by atoms with Crippen LogP contribution in [0.3, 0.4) is 0 Å². The van der Waals surface area contributed by atoms with E-state index in [4.69, 9.17) is 10.9 Å². The molecule has 0 bridgehead atoms. The number of amidine groups is 1. The third kappa shape index (κ3) is 1.95. The first kappa shape index (κ1) is 12.4. The number of nitrogens with two attached hydrogens (primary N) is 1. The van der Waals surface area contributed by atoms with Gasteiger partial charge >= 0.3 is 0 Å². The predicted molar refractivity (Wildman–Crippen MR) is 64.0 cm³/mol. The molecule has 1 rings (SSSR count). The van der Waals surface area contributed by atoms with Gasteiger partial charge in [0, 0.05) is 20.1 Å². The lowest BCUT2D eigenvalue weighted by atomic mass is 10.2. The van der Waals surface area contributed by atoms with Crippen LogP contribution in [0.1, 0.15) is 25.1 Å². The molecule has 0 unspecified atom stereocenters. The molecule has 0 aliphatic carbocycles. The van der Waals surface area contributed by atoms with Gasteiger partial charge in [-0.15, -0.1) is 0 Å². The number of hydrogen-bond acceptors (Lipinski definition) is 4. The van der Waals surface area contributed by atoms with Crippen LogP contribution in [0.5, 0.6) is 0 Å². The quantitative estimate of drug-likeness (QED) is 0.341. The second-order valence-electron chi connectivity index (χ2n) is 3.57. The van der Waals surface area contributed by atoms with E-state index in [1.165, 1.54) is 0 Å². The second kappa shape index (κ2) is 4.87. The van der Waals surface area contributed by atoms with Gasteiger partial charge in [-0.1, -0.05) is 5.16 Å². The maximum absolute atomic E-state index is 8.78. The van der Waals surface area contributed by atoms with E-state index in [1.54, 1.807) is 4.68 Å². The van der Waals surface area contributed by atoms with Crippen molar-refractivity contribution in [3.8, 4) is 0 Å². The summed E-state index contributed by atoms with van der Waals surface area (Å²) in [6.45, 7) is 7.66. The van der Waals surface area contributed by atoms with Crippen LogP contribution < -0.4 is 10.6 Å². The van der Waals surface area contributed by atoms with Gasteiger partial charge in [0.05, 0.1) is 11.3 Å². The van der Waals surface area contributed by atoms with E-state index < -0.39 is 0 Å². The summed E-state index contributed by atoms with van der Waals surface area (Å²) in [6, 6.07) is 0. The number of anilines is 1. The summed E-state index contributed by atoms with van der Waals surface area (Å²) in [5.41, 5.74) is 7.14. The Kier molecular flexibility index (Phi) is 3.76. The highest BCUT2D eigenvalue weighted by molar-refractivity contribution is 6.02. The summed E-state index contributed by atoms with van der Waals surface area (Å²) in [4.78, 5) is 2.12. The monoisotopic (exact) mass is 225 g/mol. The molecule has 0 spiro atoms. The topological polar surface area (TPSA) is 79.7 Å². The molecule has 0 amide bonds. The molecular weight excluding hydrogens is 206 g/mol. The van der Waals surface area contributed by atoms with Crippen LogP contribution in [0, 0.1) is 6.92 Å². The second-order valence-corrected chi connectivity index (χ2v) is 3.57. The average Bonchev–Trinajstić information content (AvgIpc) is 2.55. The van der Waals surface area contributed by atoms with E-state index in [2.05, 4.69) is 29.0 Å². The number of hydrogen-bond donors (Lipinski definition) is 2. The molecule has 0 aliphatic rings. The van der Waals surface area contributed by atoms with Crippen molar-refractivity contribution in [1.29, 1.82) is 0 Å². The SMILES string of the molecule is CCN(CC)c1c(C(N)=NO)c(C)nn1C. The van der Waals surface area contributed by atoms with E-state index in [0.29, 0.717) is 5.56 Å². The van der Waals surface area contributed by atoms with Gasteiger partial charge in [0.15, 0.2) is 5.84 Å². The Labute approximate surface area is 95.3 Å². The van der Waals surface area contributed by atoms with Crippen LogP contribution in [0.15, 0.2) is 5.16 Å².